The number of aliphatic carboxylic acids is 1. The van der Waals surface area contributed by atoms with Crippen LogP contribution < -0.4 is 0 Å². The Balaban J connectivity index is 1.92. The molecule has 0 radical (unpaired) electrons. The number of hydrogen-bond donors (Lipinski definition) is 1. The number of carbonyl (C=O) groups is 1. The maximum absolute atomic E-state index is 10.6. The molecule has 3 rings (SSSR count). The van der Waals surface area contributed by atoms with E-state index in [4.69, 9.17) is 9.52 Å². The number of carboxylic acid groups (broad SMARTS) is 1. The second kappa shape index (κ2) is 5.69. The van der Waals surface area contributed by atoms with E-state index in [1.165, 1.54) is 0 Å². The molecule has 0 bridgehead atoms. The summed E-state index contributed by atoms with van der Waals surface area (Å²) in [5, 5.41) is 8.73. The molecule has 0 spiro atoms. The van der Waals surface area contributed by atoms with E-state index in [0.717, 1.165) is 21.1 Å². The number of carboxylic acids is 1. The Kier molecular flexibility index (Phi) is 3.75. The van der Waals surface area contributed by atoms with Crippen LogP contribution in [0.15, 0.2) is 51.4 Å². The van der Waals surface area contributed by atoms with Crippen LogP contribution in [0.5, 0.6) is 0 Å². The molecule has 21 heavy (non-hydrogen) atoms. The first kappa shape index (κ1) is 13.8. The van der Waals surface area contributed by atoms with Crippen LogP contribution in [0.3, 0.4) is 0 Å². The summed E-state index contributed by atoms with van der Waals surface area (Å²) in [5.41, 5.74) is 3.30. The van der Waals surface area contributed by atoms with Crippen LogP contribution in [-0.2, 0) is 11.2 Å². The number of hydrogen-bond acceptors (Lipinski definition) is 3. The minimum atomic E-state index is -0.800. The number of benzene rings is 2. The van der Waals surface area contributed by atoms with Crippen LogP contribution in [0.2, 0.25) is 0 Å². The molecule has 0 aliphatic carbocycles. The highest BCUT2D eigenvalue weighted by atomic mass is 79.9. The number of aryl methyl sites for hydroxylation is 1. The van der Waals surface area contributed by atoms with Crippen molar-refractivity contribution >= 4 is 33.0 Å². The van der Waals surface area contributed by atoms with Crippen molar-refractivity contribution in [1.29, 1.82) is 0 Å². The van der Waals surface area contributed by atoms with Crippen molar-refractivity contribution in [2.45, 2.75) is 12.8 Å². The zero-order valence-electron chi connectivity index (χ0n) is 11.0. The van der Waals surface area contributed by atoms with Gasteiger partial charge in [-0.15, -0.1) is 0 Å². The van der Waals surface area contributed by atoms with E-state index < -0.39 is 5.97 Å². The number of nitrogens with zero attached hydrogens (tertiary/aromatic N) is 1. The van der Waals surface area contributed by atoms with Crippen molar-refractivity contribution in [1.82, 2.24) is 4.98 Å². The molecule has 0 saturated heterocycles. The van der Waals surface area contributed by atoms with Crippen LogP contribution in [0, 0.1) is 0 Å². The average molecular weight is 346 g/mol. The number of fused-ring (bicyclic) bond motifs is 1. The minimum absolute atomic E-state index is 0.114. The Hall–Kier alpha value is -2.14. The fourth-order valence-corrected chi connectivity index (χ4v) is 2.36. The van der Waals surface area contributed by atoms with Gasteiger partial charge in [0.2, 0.25) is 5.89 Å². The molecule has 1 N–H and O–H groups in total. The highest BCUT2D eigenvalue weighted by molar-refractivity contribution is 9.10. The monoisotopic (exact) mass is 345 g/mol. The van der Waals surface area contributed by atoms with Gasteiger partial charge in [0.25, 0.3) is 0 Å². The van der Waals surface area contributed by atoms with E-state index in [0.29, 0.717) is 17.9 Å². The molecule has 0 fully saturated rings. The first-order valence-corrected chi connectivity index (χ1v) is 7.28. The molecule has 0 unspecified atom stereocenters. The van der Waals surface area contributed by atoms with E-state index >= 15 is 0 Å². The molecule has 4 nitrogen and oxygen atoms in total. The third-order valence-corrected chi connectivity index (χ3v) is 3.70. The van der Waals surface area contributed by atoms with Gasteiger partial charge in [-0.3, -0.25) is 4.79 Å². The number of oxazole rings is 1. The molecule has 2 aromatic carbocycles. The molecule has 0 atom stereocenters. The summed E-state index contributed by atoms with van der Waals surface area (Å²) in [6, 6.07) is 13.3. The molecule has 106 valence electrons. The van der Waals surface area contributed by atoms with Gasteiger partial charge in [-0.05, 0) is 48.4 Å². The van der Waals surface area contributed by atoms with E-state index in [1.54, 1.807) is 0 Å². The maximum Gasteiger partial charge on any atom is 0.303 e. The summed E-state index contributed by atoms with van der Waals surface area (Å²) >= 11 is 3.39. The minimum Gasteiger partial charge on any atom is -0.481 e. The second-order valence-electron chi connectivity index (χ2n) is 4.72. The lowest BCUT2D eigenvalue weighted by atomic mass is 10.1. The van der Waals surface area contributed by atoms with E-state index in [2.05, 4.69) is 20.9 Å². The molecule has 5 heteroatoms. The Labute approximate surface area is 129 Å². The Morgan fingerprint density at radius 3 is 2.67 bits per heavy atom. The fraction of sp³-hybridized carbons (Fsp3) is 0.125. The molecule has 0 aliphatic rings. The van der Waals surface area contributed by atoms with Crippen LogP contribution in [0.4, 0.5) is 0 Å². The number of halogens is 1. The predicted molar refractivity (Wildman–Crippen MR) is 83.1 cm³/mol. The molecule has 0 saturated carbocycles. The van der Waals surface area contributed by atoms with E-state index in [9.17, 15) is 4.79 Å². The van der Waals surface area contributed by atoms with Gasteiger partial charge in [-0.25, -0.2) is 4.98 Å². The van der Waals surface area contributed by atoms with Crippen LogP contribution in [0.25, 0.3) is 22.6 Å². The van der Waals surface area contributed by atoms with Gasteiger partial charge in [-0.1, -0.05) is 22.0 Å². The van der Waals surface area contributed by atoms with E-state index in [-0.39, 0.29) is 6.42 Å². The quantitative estimate of drug-likeness (QED) is 0.766. The SMILES string of the molecule is O=C(O)CCc1ccc2oc(-c3ccc(Br)cc3)nc2c1. The molecule has 0 aliphatic heterocycles. The zero-order chi connectivity index (χ0) is 14.8. The zero-order valence-corrected chi connectivity index (χ0v) is 12.6. The van der Waals surface area contributed by atoms with Gasteiger partial charge >= 0.3 is 5.97 Å². The van der Waals surface area contributed by atoms with Crippen molar-refractivity contribution in [2.24, 2.45) is 0 Å². The summed E-state index contributed by atoms with van der Waals surface area (Å²) in [6.45, 7) is 0. The summed E-state index contributed by atoms with van der Waals surface area (Å²) in [5.74, 6) is -0.237. The van der Waals surface area contributed by atoms with Crippen LogP contribution in [0.1, 0.15) is 12.0 Å². The maximum atomic E-state index is 10.6. The highest BCUT2D eigenvalue weighted by Crippen LogP contribution is 2.26. The molecule has 1 heterocycles. The lowest BCUT2D eigenvalue weighted by Crippen LogP contribution is -1.97. The smallest absolute Gasteiger partial charge is 0.303 e. The van der Waals surface area contributed by atoms with Crippen molar-refractivity contribution in [3.8, 4) is 11.5 Å². The van der Waals surface area contributed by atoms with Crippen LogP contribution in [-0.4, -0.2) is 16.1 Å². The van der Waals surface area contributed by atoms with Crippen molar-refractivity contribution in [3.63, 3.8) is 0 Å². The van der Waals surface area contributed by atoms with E-state index in [1.807, 2.05) is 42.5 Å². The van der Waals surface area contributed by atoms with Gasteiger partial charge < -0.3 is 9.52 Å². The second-order valence-corrected chi connectivity index (χ2v) is 5.64. The first-order chi connectivity index (χ1) is 10.1. The first-order valence-electron chi connectivity index (χ1n) is 6.49. The Morgan fingerprint density at radius 1 is 1.19 bits per heavy atom. The average Bonchev–Trinajstić information content (AvgIpc) is 2.88. The van der Waals surface area contributed by atoms with Crippen molar-refractivity contribution in [3.05, 3.63) is 52.5 Å². The number of aromatic nitrogens is 1. The molecule has 0 amide bonds. The predicted octanol–water partition coefficient (Wildman–Crippen LogP) is 4.27. The summed E-state index contributed by atoms with van der Waals surface area (Å²) in [4.78, 5) is 15.1. The summed E-state index contributed by atoms with van der Waals surface area (Å²) in [6.07, 6.45) is 0.606. The third kappa shape index (κ3) is 3.13. The van der Waals surface area contributed by atoms with Crippen molar-refractivity contribution in [2.75, 3.05) is 0 Å². The lowest BCUT2D eigenvalue weighted by molar-refractivity contribution is -0.136. The van der Waals surface area contributed by atoms with Gasteiger partial charge in [0.05, 0.1) is 0 Å². The lowest BCUT2D eigenvalue weighted by Gasteiger charge is -1.96. The highest BCUT2D eigenvalue weighted by Gasteiger charge is 2.09. The largest absolute Gasteiger partial charge is 0.481 e. The number of rotatable bonds is 4. The van der Waals surface area contributed by atoms with Gasteiger partial charge in [0.15, 0.2) is 5.58 Å². The molecular formula is C16H12BrNO3. The molecule has 3 aromatic rings. The Morgan fingerprint density at radius 2 is 1.95 bits per heavy atom. The summed E-state index contributed by atoms with van der Waals surface area (Å²) in [7, 11) is 0. The van der Waals surface area contributed by atoms with Gasteiger partial charge in [0, 0.05) is 16.5 Å². The Bertz CT molecular complexity index is 793. The van der Waals surface area contributed by atoms with Gasteiger partial charge in [0.1, 0.15) is 5.52 Å². The molecule has 1 aromatic heterocycles. The third-order valence-electron chi connectivity index (χ3n) is 3.17. The fourth-order valence-electron chi connectivity index (χ4n) is 2.10. The normalized spacial score (nSPS) is 10.9. The summed E-state index contributed by atoms with van der Waals surface area (Å²) < 4.78 is 6.73. The van der Waals surface area contributed by atoms with Crippen LogP contribution >= 0.6 is 15.9 Å². The van der Waals surface area contributed by atoms with Gasteiger partial charge in [-0.2, -0.15) is 0 Å². The standard InChI is InChI=1S/C16H12BrNO3/c17-12-5-3-11(4-6-12)16-18-13-9-10(2-8-15(19)20)1-7-14(13)21-16/h1,3-7,9H,2,8H2,(H,19,20). The topological polar surface area (TPSA) is 63.3 Å². The van der Waals surface area contributed by atoms with Crippen molar-refractivity contribution < 1.29 is 14.3 Å². The molecular weight excluding hydrogens is 334 g/mol.